The Morgan fingerprint density at radius 1 is 1.79 bits per heavy atom. The number of aromatic nitrogens is 2. The van der Waals surface area contributed by atoms with Gasteiger partial charge in [-0.1, -0.05) is 13.8 Å². The summed E-state index contributed by atoms with van der Waals surface area (Å²) in [5.41, 5.74) is 7.07. The number of rotatable bonds is 3. The van der Waals surface area contributed by atoms with Crippen molar-refractivity contribution < 1.29 is 5.11 Å². The Hall–Kier alpha value is -0.870. The van der Waals surface area contributed by atoms with Crippen LogP contribution in [0.25, 0.3) is 0 Å². The average Bonchev–Trinajstić information content (AvgIpc) is 2.63. The van der Waals surface area contributed by atoms with Gasteiger partial charge in [0.1, 0.15) is 0 Å². The topological polar surface area (TPSA) is 64.1 Å². The molecule has 1 heterocycles. The van der Waals surface area contributed by atoms with E-state index in [0.29, 0.717) is 11.5 Å². The van der Waals surface area contributed by atoms with Crippen molar-refractivity contribution in [1.29, 1.82) is 0 Å². The molecule has 3 N–H and O–H groups in total. The molecule has 0 bridgehead atoms. The summed E-state index contributed by atoms with van der Waals surface area (Å²) in [6.45, 7) is 4.43. The van der Waals surface area contributed by atoms with Crippen LogP contribution in [0.2, 0.25) is 0 Å². The van der Waals surface area contributed by atoms with Crippen LogP contribution in [0.15, 0.2) is 12.5 Å². The van der Waals surface area contributed by atoms with E-state index in [1.807, 2.05) is 6.33 Å². The average molecular weight is 195 g/mol. The highest BCUT2D eigenvalue weighted by Gasteiger charge is 2.47. The molecule has 1 aromatic rings. The molecule has 2 unspecified atom stereocenters. The van der Waals surface area contributed by atoms with Gasteiger partial charge in [-0.25, -0.2) is 4.98 Å². The second-order valence-corrected chi connectivity index (χ2v) is 4.72. The minimum absolute atomic E-state index is 0.0289. The van der Waals surface area contributed by atoms with Crippen LogP contribution in [0.3, 0.4) is 0 Å². The molecule has 1 aliphatic rings. The first kappa shape index (κ1) is 9.68. The van der Waals surface area contributed by atoms with Crippen LogP contribution in [0, 0.1) is 5.41 Å². The largest absolute Gasteiger partial charge is 0.394 e. The fraction of sp³-hybridized carbons (Fsp3) is 0.700. The predicted molar refractivity (Wildman–Crippen MR) is 53.7 cm³/mol. The van der Waals surface area contributed by atoms with Crippen molar-refractivity contribution in [3.8, 4) is 0 Å². The highest BCUT2D eigenvalue weighted by molar-refractivity contribution is 5.12. The van der Waals surface area contributed by atoms with Crippen LogP contribution in [0.1, 0.15) is 38.0 Å². The molecule has 2 rings (SSSR count). The Balaban J connectivity index is 2.23. The van der Waals surface area contributed by atoms with E-state index in [1.54, 1.807) is 6.20 Å². The summed E-state index contributed by atoms with van der Waals surface area (Å²) in [5, 5.41) is 9.00. The fourth-order valence-corrected chi connectivity index (χ4v) is 1.87. The maximum atomic E-state index is 9.00. The molecule has 1 aromatic heterocycles. The van der Waals surface area contributed by atoms with Crippen molar-refractivity contribution in [2.45, 2.75) is 32.4 Å². The lowest BCUT2D eigenvalue weighted by Gasteiger charge is -2.13. The van der Waals surface area contributed by atoms with Crippen molar-refractivity contribution in [2.24, 2.45) is 11.1 Å². The van der Waals surface area contributed by atoms with Crippen LogP contribution in [-0.2, 0) is 0 Å². The number of nitrogens with two attached hydrogens (primary N) is 1. The van der Waals surface area contributed by atoms with Gasteiger partial charge in [-0.2, -0.15) is 0 Å². The maximum absolute atomic E-state index is 9.00. The third-order valence-corrected chi connectivity index (χ3v) is 3.07. The third kappa shape index (κ3) is 1.44. The lowest BCUT2D eigenvalue weighted by Crippen LogP contribution is -2.19. The highest BCUT2D eigenvalue weighted by atomic mass is 16.3. The smallest absolute Gasteiger partial charge is 0.0951 e. The minimum atomic E-state index is -0.311. The first-order valence-electron chi connectivity index (χ1n) is 4.94. The molecule has 0 amide bonds. The van der Waals surface area contributed by atoms with Crippen molar-refractivity contribution in [1.82, 2.24) is 9.55 Å². The molecule has 0 aromatic carbocycles. The van der Waals surface area contributed by atoms with Gasteiger partial charge in [0.15, 0.2) is 0 Å². The molecule has 4 heteroatoms. The molecule has 14 heavy (non-hydrogen) atoms. The van der Waals surface area contributed by atoms with E-state index in [-0.39, 0.29) is 12.6 Å². The third-order valence-electron chi connectivity index (χ3n) is 3.07. The zero-order chi connectivity index (χ0) is 10.3. The van der Waals surface area contributed by atoms with Crippen LogP contribution in [0.5, 0.6) is 0 Å². The van der Waals surface area contributed by atoms with Gasteiger partial charge in [0, 0.05) is 12.2 Å². The predicted octanol–water partition coefficient (Wildman–Crippen LogP) is 0.846. The first-order valence-corrected chi connectivity index (χ1v) is 4.94. The SMILES string of the molecule is CC1(C)CC1n1cncc1C(N)CO. The monoisotopic (exact) mass is 195 g/mol. The Morgan fingerprint density at radius 2 is 2.43 bits per heavy atom. The van der Waals surface area contributed by atoms with E-state index < -0.39 is 0 Å². The number of imidazole rings is 1. The number of nitrogens with zero attached hydrogens (tertiary/aromatic N) is 2. The van der Waals surface area contributed by atoms with E-state index in [4.69, 9.17) is 10.8 Å². The van der Waals surface area contributed by atoms with Crippen LogP contribution >= 0.6 is 0 Å². The van der Waals surface area contributed by atoms with E-state index in [1.165, 1.54) is 0 Å². The number of aliphatic hydroxyl groups is 1. The lowest BCUT2D eigenvalue weighted by molar-refractivity contribution is 0.262. The van der Waals surface area contributed by atoms with Gasteiger partial charge >= 0.3 is 0 Å². The van der Waals surface area contributed by atoms with Crippen LogP contribution in [-0.4, -0.2) is 21.3 Å². The molecule has 0 saturated heterocycles. The molecular weight excluding hydrogens is 178 g/mol. The summed E-state index contributed by atoms with van der Waals surface area (Å²) in [4.78, 5) is 4.09. The molecule has 1 aliphatic carbocycles. The van der Waals surface area contributed by atoms with Crippen molar-refractivity contribution in [3.63, 3.8) is 0 Å². The minimum Gasteiger partial charge on any atom is -0.394 e. The number of hydrogen-bond acceptors (Lipinski definition) is 3. The van der Waals surface area contributed by atoms with E-state index >= 15 is 0 Å². The van der Waals surface area contributed by atoms with Crippen molar-refractivity contribution >= 4 is 0 Å². The second kappa shape index (κ2) is 3.07. The number of hydrogen-bond donors (Lipinski definition) is 2. The van der Waals surface area contributed by atoms with Gasteiger partial charge < -0.3 is 15.4 Å². The number of aliphatic hydroxyl groups excluding tert-OH is 1. The Bertz CT molecular complexity index is 332. The summed E-state index contributed by atoms with van der Waals surface area (Å²) in [7, 11) is 0. The van der Waals surface area contributed by atoms with Gasteiger partial charge in [-0.3, -0.25) is 0 Å². The van der Waals surface area contributed by atoms with Gasteiger partial charge in [-0.05, 0) is 11.8 Å². The zero-order valence-corrected chi connectivity index (χ0v) is 8.64. The van der Waals surface area contributed by atoms with Gasteiger partial charge in [0.25, 0.3) is 0 Å². The molecule has 1 saturated carbocycles. The molecule has 1 fully saturated rings. The van der Waals surface area contributed by atoms with Gasteiger partial charge in [0.2, 0.25) is 0 Å². The van der Waals surface area contributed by atoms with Crippen LogP contribution < -0.4 is 5.73 Å². The summed E-state index contributed by atoms with van der Waals surface area (Å²) in [6, 6.07) is 0.187. The van der Waals surface area contributed by atoms with Crippen molar-refractivity contribution in [3.05, 3.63) is 18.2 Å². The first-order chi connectivity index (χ1) is 6.56. The summed E-state index contributed by atoms with van der Waals surface area (Å²) < 4.78 is 2.10. The van der Waals surface area contributed by atoms with E-state index in [0.717, 1.165) is 12.1 Å². The van der Waals surface area contributed by atoms with Crippen molar-refractivity contribution in [2.75, 3.05) is 6.61 Å². The molecule has 78 valence electrons. The molecule has 2 atom stereocenters. The molecular formula is C10H17N3O. The lowest BCUT2D eigenvalue weighted by atomic mass is 10.2. The zero-order valence-electron chi connectivity index (χ0n) is 8.64. The molecule has 4 nitrogen and oxygen atoms in total. The Morgan fingerprint density at radius 3 is 2.93 bits per heavy atom. The molecule has 0 radical (unpaired) electrons. The van der Waals surface area contributed by atoms with E-state index in [2.05, 4.69) is 23.4 Å². The normalized spacial score (nSPS) is 26.1. The summed E-state index contributed by atoms with van der Waals surface area (Å²) in [6.07, 6.45) is 4.72. The van der Waals surface area contributed by atoms with Gasteiger partial charge in [-0.15, -0.1) is 0 Å². The summed E-state index contributed by atoms with van der Waals surface area (Å²) in [5.74, 6) is 0. The van der Waals surface area contributed by atoms with Crippen LogP contribution in [0.4, 0.5) is 0 Å². The van der Waals surface area contributed by atoms with Gasteiger partial charge in [0.05, 0.1) is 24.7 Å². The van der Waals surface area contributed by atoms with E-state index in [9.17, 15) is 0 Å². The fourth-order valence-electron chi connectivity index (χ4n) is 1.87. The standard InChI is InChI=1S/C10H17N3O/c1-10(2)3-9(10)13-6-12-4-8(13)7(11)5-14/h4,6-7,9,14H,3,5,11H2,1-2H3. The maximum Gasteiger partial charge on any atom is 0.0951 e. The molecule has 0 spiro atoms. The molecule has 0 aliphatic heterocycles. The Labute approximate surface area is 83.8 Å². The quantitative estimate of drug-likeness (QED) is 0.751. The second-order valence-electron chi connectivity index (χ2n) is 4.72. The Kier molecular flexibility index (Phi) is 2.12. The summed E-state index contributed by atoms with van der Waals surface area (Å²) >= 11 is 0. The highest BCUT2D eigenvalue weighted by Crippen LogP contribution is 2.55.